The molecule has 0 saturated heterocycles. The first kappa shape index (κ1) is 18.6. The second-order valence-corrected chi connectivity index (χ2v) is 7.71. The van der Waals surface area contributed by atoms with Crippen molar-refractivity contribution in [2.45, 2.75) is 9.10 Å². The number of carbonyl (C=O) groups excluding carboxylic acids is 1. The molecule has 26 heavy (non-hydrogen) atoms. The number of benzene rings is 2. The standard InChI is InChI=1S/C15H7ClF3N3O2S2/c16-7-1-3-9(4-2-7)26(24)15-13(21-22-25-15)14(23)20-8-5-10(17)12(19)11(18)6-8/h1-6H,(H,20,23). The van der Waals surface area contributed by atoms with Crippen LogP contribution in [0.1, 0.15) is 10.5 Å². The molecule has 0 aliphatic heterocycles. The Balaban J connectivity index is 1.86. The molecule has 0 bridgehead atoms. The maximum Gasteiger partial charge on any atom is 0.282 e. The normalized spacial score (nSPS) is 12.0. The summed E-state index contributed by atoms with van der Waals surface area (Å²) in [4.78, 5) is 12.7. The van der Waals surface area contributed by atoms with Gasteiger partial charge in [0.2, 0.25) is 5.69 Å². The molecule has 11 heteroatoms. The lowest BCUT2D eigenvalue weighted by Crippen LogP contribution is -2.16. The van der Waals surface area contributed by atoms with E-state index < -0.39 is 34.5 Å². The van der Waals surface area contributed by atoms with Gasteiger partial charge in [-0.25, -0.2) is 13.2 Å². The maximum absolute atomic E-state index is 13.2. The number of carbonyl (C=O) groups is 1. The molecular weight excluding hydrogens is 411 g/mol. The molecule has 0 radical (unpaired) electrons. The molecule has 1 heterocycles. The van der Waals surface area contributed by atoms with E-state index in [1.165, 1.54) is 24.3 Å². The number of rotatable bonds is 4. The molecule has 0 spiro atoms. The van der Waals surface area contributed by atoms with Crippen molar-refractivity contribution in [3.63, 3.8) is 0 Å². The monoisotopic (exact) mass is 417 g/mol. The fraction of sp³-hybridized carbons (Fsp3) is 0. The number of anilines is 1. The van der Waals surface area contributed by atoms with Crippen LogP contribution in [0, 0.1) is 17.5 Å². The maximum atomic E-state index is 13.2. The summed E-state index contributed by atoms with van der Waals surface area (Å²) in [5, 5.41) is 6.24. The number of halogens is 4. The minimum Gasteiger partial charge on any atom is -0.606 e. The summed E-state index contributed by atoms with van der Waals surface area (Å²) in [5.41, 5.74) is -0.587. The third-order valence-corrected chi connectivity index (χ3v) is 5.79. The topological polar surface area (TPSA) is 77.9 Å². The van der Waals surface area contributed by atoms with Crippen LogP contribution < -0.4 is 5.32 Å². The van der Waals surface area contributed by atoms with Crippen LogP contribution >= 0.6 is 23.1 Å². The Morgan fingerprint density at radius 2 is 1.77 bits per heavy atom. The van der Waals surface area contributed by atoms with Crippen LogP contribution in [0.5, 0.6) is 0 Å². The summed E-state index contributed by atoms with van der Waals surface area (Å²) >= 11 is 4.76. The third kappa shape index (κ3) is 3.83. The van der Waals surface area contributed by atoms with Crippen molar-refractivity contribution in [1.82, 2.24) is 9.59 Å². The molecule has 1 aromatic heterocycles. The highest BCUT2D eigenvalue weighted by atomic mass is 35.5. The zero-order valence-corrected chi connectivity index (χ0v) is 14.9. The van der Waals surface area contributed by atoms with Gasteiger partial charge in [0, 0.05) is 45.6 Å². The quantitative estimate of drug-likeness (QED) is 0.513. The fourth-order valence-electron chi connectivity index (χ4n) is 1.93. The van der Waals surface area contributed by atoms with Gasteiger partial charge < -0.3 is 9.87 Å². The summed E-state index contributed by atoms with van der Waals surface area (Å²) in [6.45, 7) is 0. The number of amides is 1. The van der Waals surface area contributed by atoms with E-state index in [0.29, 0.717) is 22.1 Å². The Morgan fingerprint density at radius 3 is 2.38 bits per heavy atom. The highest BCUT2D eigenvalue weighted by molar-refractivity contribution is 7.93. The first-order chi connectivity index (χ1) is 12.4. The van der Waals surface area contributed by atoms with Gasteiger partial charge in [0.25, 0.3) is 10.1 Å². The van der Waals surface area contributed by atoms with Gasteiger partial charge in [-0.1, -0.05) is 16.1 Å². The molecule has 1 unspecified atom stereocenters. The first-order valence-electron chi connectivity index (χ1n) is 6.82. The number of nitrogens with zero attached hydrogens (tertiary/aromatic N) is 2. The van der Waals surface area contributed by atoms with Crippen molar-refractivity contribution < 1.29 is 22.5 Å². The molecule has 0 aliphatic rings. The van der Waals surface area contributed by atoms with Gasteiger partial charge >= 0.3 is 0 Å². The number of hydrogen-bond acceptors (Lipinski definition) is 5. The summed E-state index contributed by atoms with van der Waals surface area (Å²) < 4.78 is 55.7. The Kier molecular flexibility index (Phi) is 5.47. The Labute approximate surface area is 157 Å². The van der Waals surface area contributed by atoms with Crippen LogP contribution in [-0.2, 0) is 11.2 Å². The van der Waals surface area contributed by atoms with Gasteiger partial charge in [-0.2, -0.15) is 0 Å². The lowest BCUT2D eigenvalue weighted by molar-refractivity contribution is 0.101. The Bertz CT molecular complexity index is 946. The van der Waals surface area contributed by atoms with Gasteiger partial charge in [0.05, 0.1) is 0 Å². The van der Waals surface area contributed by atoms with E-state index >= 15 is 0 Å². The Morgan fingerprint density at radius 1 is 1.15 bits per heavy atom. The summed E-state index contributed by atoms with van der Waals surface area (Å²) in [7, 11) is 0. The smallest absolute Gasteiger partial charge is 0.282 e. The molecule has 2 aromatic carbocycles. The Hall–Kier alpha value is -2.14. The van der Waals surface area contributed by atoms with Gasteiger partial charge in [-0.05, 0) is 24.3 Å². The lowest BCUT2D eigenvalue weighted by Gasteiger charge is -2.09. The third-order valence-electron chi connectivity index (χ3n) is 3.11. The van der Waals surface area contributed by atoms with E-state index in [9.17, 15) is 22.5 Å². The van der Waals surface area contributed by atoms with Gasteiger partial charge in [0.1, 0.15) is 0 Å². The lowest BCUT2D eigenvalue weighted by atomic mass is 10.2. The van der Waals surface area contributed by atoms with Crippen molar-refractivity contribution in [3.05, 3.63) is 64.6 Å². The summed E-state index contributed by atoms with van der Waals surface area (Å²) in [5.74, 6) is -5.45. The van der Waals surface area contributed by atoms with E-state index in [2.05, 4.69) is 14.9 Å². The number of hydrogen-bond donors (Lipinski definition) is 1. The minimum atomic E-state index is -1.76. The zero-order chi connectivity index (χ0) is 18.8. The van der Waals surface area contributed by atoms with Gasteiger partial charge in [-0.3, -0.25) is 4.79 Å². The van der Waals surface area contributed by atoms with Gasteiger partial charge in [0.15, 0.2) is 22.3 Å². The van der Waals surface area contributed by atoms with Crippen LogP contribution in [0.3, 0.4) is 0 Å². The van der Waals surface area contributed by atoms with E-state index in [1.807, 2.05) is 0 Å². The van der Waals surface area contributed by atoms with Crippen molar-refractivity contribution in [3.8, 4) is 0 Å². The molecule has 3 aromatic rings. The van der Waals surface area contributed by atoms with Crippen molar-refractivity contribution in [2.24, 2.45) is 0 Å². The zero-order valence-electron chi connectivity index (χ0n) is 12.5. The average molecular weight is 418 g/mol. The van der Waals surface area contributed by atoms with E-state index in [0.717, 1.165) is 11.5 Å². The second-order valence-electron chi connectivity index (χ2n) is 4.84. The minimum absolute atomic E-state index is 0.0490. The van der Waals surface area contributed by atoms with Crippen molar-refractivity contribution in [1.29, 1.82) is 0 Å². The predicted molar refractivity (Wildman–Crippen MR) is 90.3 cm³/mol. The second kappa shape index (κ2) is 7.62. The molecule has 0 saturated carbocycles. The molecule has 1 amide bonds. The van der Waals surface area contributed by atoms with Crippen LogP contribution in [0.15, 0.2) is 45.5 Å². The molecule has 0 aliphatic carbocycles. The van der Waals surface area contributed by atoms with E-state index in [1.54, 1.807) is 0 Å². The van der Waals surface area contributed by atoms with Gasteiger partial charge in [-0.15, -0.1) is 5.10 Å². The molecule has 5 nitrogen and oxygen atoms in total. The largest absolute Gasteiger partial charge is 0.606 e. The molecule has 0 fully saturated rings. The average Bonchev–Trinajstić information content (AvgIpc) is 3.09. The van der Waals surface area contributed by atoms with E-state index in [-0.39, 0.29) is 15.6 Å². The van der Waals surface area contributed by atoms with Crippen molar-refractivity contribution in [2.75, 3.05) is 5.32 Å². The molecule has 3 rings (SSSR count). The van der Waals surface area contributed by atoms with Crippen LogP contribution in [0.25, 0.3) is 0 Å². The number of nitrogens with one attached hydrogen (secondary N) is 1. The first-order valence-corrected chi connectivity index (χ1v) is 9.12. The van der Waals surface area contributed by atoms with Crippen LogP contribution in [0.4, 0.5) is 18.9 Å². The highest BCUT2D eigenvalue weighted by Gasteiger charge is 2.28. The number of aromatic nitrogens is 2. The highest BCUT2D eigenvalue weighted by Crippen LogP contribution is 2.28. The van der Waals surface area contributed by atoms with Crippen LogP contribution in [-0.4, -0.2) is 20.0 Å². The summed E-state index contributed by atoms with van der Waals surface area (Å²) in [6, 6.07) is 7.34. The summed E-state index contributed by atoms with van der Waals surface area (Å²) in [6.07, 6.45) is 0. The molecule has 134 valence electrons. The molecule has 1 N–H and O–H groups in total. The molecule has 1 atom stereocenters. The molecular formula is C15H7ClF3N3O2S2. The SMILES string of the molecule is O=C(Nc1cc(F)c(F)c(F)c1)c1nnsc1[S+]([O-])c1ccc(Cl)cc1. The van der Waals surface area contributed by atoms with Crippen LogP contribution in [0.2, 0.25) is 5.02 Å². The fourth-order valence-corrected chi connectivity index (χ4v) is 4.03. The van der Waals surface area contributed by atoms with E-state index in [4.69, 9.17) is 11.6 Å². The predicted octanol–water partition coefficient (Wildman–Crippen LogP) is 4.03. The van der Waals surface area contributed by atoms with Crippen molar-refractivity contribution >= 4 is 45.9 Å².